The number of hydrogen-bond acceptors (Lipinski definition) is 7. The summed E-state index contributed by atoms with van der Waals surface area (Å²) in [6.07, 6.45) is -0.619. The Hall–Kier alpha value is -2.97. The lowest BCUT2D eigenvalue weighted by Gasteiger charge is -2.07. The molecule has 0 aliphatic rings. The van der Waals surface area contributed by atoms with Gasteiger partial charge in [0.2, 0.25) is 0 Å². The number of para-hydroxylation sites is 1. The van der Waals surface area contributed by atoms with Crippen molar-refractivity contribution in [3.8, 4) is 17.4 Å². The van der Waals surface area contributed by atoms with Gasteiger partial charge in [-0.15, -0.1) is 4.37 Å². The first-order chi connectivity index (χ1) is 12.1. The van der Waals surface area contributed by atoms with Gasteiger partial charge in [0.25, 0.3) is 11.3 Å². The first-order valence-electron chi connectivity index (χ1n) is 6.96. The van der Waals surface area contributed by atoms with E-state index >= 15 is 0 Å². The fraction of sp³-hybridized carbons (Fsp3) is 0. The zero-order valence-electron chi connectivity index (χ0n) is 12.5. The number of benzene rings is 2. The lowest BCUT2D eigenvalue weighted by atomic mass is 10.3. The first kappa shape index (κ1) is 16.9. The molecule has 9 heteroatoms. The molecule has 1 heterocycles. The molecule has 1 amide bonds. The number of carbonyl (C=O) groups excluding carboxylic acids is 1. The van der Waals surface area contributed by atoms with E-state index in [9.17, 15) is 9.59 Å². The van der Waals surface area contributed by atoms with Crippen molar-refractivity contribution in [2.45, 2.75) is 0 Å². The highest BCUT2D eigenvalue weighted by Gasteiger charge is 2.10. The van der Waals surface area contributed by atoms with Gasteiger partial charge in [0.15, 0.2) is 5.15 Å². The third-order valence-electron chi connectivity index (χ3n) is 2.90. The SMILES string of the molecule is O=C(Nc1ccccc1)Oc1ccc(Oc2nsnc(Cl)c2=O)cc1. The van der Waals surface area contributed by atoms with Gasteiger partial charge in [0.1, 0.15) is 11.5 Å². The van der Waals surface area contributed by atoms with Gasteiger partial charge in [-0.25, -0.2) is 4.79 Å². The maximum atomic E-state index is 11.8. The summed E-state index contributed by atoms with van der Waals surface area (Å²) in [5.41, 5.74) is 0.0281. The van der Waals surface area contributed by atoms with Crippen molar-refractivity contribution in [2.75, 3.05) is 5.32 Å². The largest absolute Gasteiger partial charge is 0.435 e. The summed E-state index contributed by atoms with van der Waals surface area (Å²) in [6.45, 7) is 0. The van der Waals surface area contributed by atoms with E-state index in [4.69, 9.17) is 21.1 Å². The van der Waals surface area contributed by atoms with Crippen LogP contribution in [0.2, 0.25) is 5.15 Å². The monoisotopic (exact) mass is 375 g/mol. The molecule has 1 N–H and O–H groups in total. The van der Waals surface area contributed by atoms with Crippen LogP contribution in [0.3, 0.4) is 0 Å². The van der Waals surface area contributed by atoms with Crippen molar-refractivity contribution in [3.05, 3.63) is 70.0 Å². The number of nitrogens with one attached hydrogen (secondary N) is 1. The Balaban J connectivity index is 1.63. The number of carbonyl (C=O) groups is 1. The molecular formula is C16H10ClN3O4S. The highest BCUT2D eigenvalue weighted by atomic mass is 35.5. The van der Waals surface area contributed by atoms with Crippen molar-refractivity contribution in [2.24, 2.45) is 0 Å². The van der Waals surface area contributed by atoms with Crippen LogP contribution in [-0.2, 0) is 0 Å². The smallest absolute Gasteiger partial charge is 0.417 e. The van der Waals surface area contributed by atoms with Gasteiger partial charge in [0, 0.05) is 5.69 Å². The summed E-state index contributed by atoms with van der Waals surface area (Å²) in [6, 6.07) is 15.0. The van der Waals surface area contributed by atoms with Crippen LogP contribution in [0.4, 0.5) is 10.5 Å². The molecule has 0 saturated carbocycles. The number of hydrogen-bond donors (Lipinski definition) is 1. The normalized spacial score (nSPS) is 10.1. The molecule has 0 spiro atoms. The van der Waals surface area contributed by atoms with E-state index in [1.54, 1.807) is 24.3 Å². The predicted molar refractivity (Wildman–Crippen MR) is 93.8 cm³/mol. The molecule has 0 saturated heterocycles. The molecule has 25 heavy (non-hydrogen) atoms. The summed E-state index contributed by atoms with van der Waals surface area (Å²) in [5.74, 6) is 0.488. The van der Waals surface area contributed by atoms with Crippen LogP contribution in [0.5, 0.6) is 17.4 Å². The third kappa shape index (κ3) is 4.52. The van der Waals surface area contributed by atoms with E-state index in [0.29, 0.717) is 17.2 Å². The second-order valence-electron chi connectivity index (χ2n) is 4.64. The molecule has 0 radical (unpaired) electrons. The van der Waals surface area contributed by atoms with Crippen LogP contribution in [-0.4, -0.2) is 14.8 Å². The van der Waals surface area contributed by atoms with Gasteiger partial charge in [-0.2, -0.15) is 4.37 Å². The molecule has 0 fully saturated rings. The van der Waals surface area contributed by atoms with E-state index in [1.165, 1.54) is 24.3 Å². The molecule has 0 unspecified atom stereocenters. The molecule has 3 rings (SSSR count). The molecule has 0 aliphatic carbocycles. The second kappa shape index (κ2) is 7.73. The standard InChI is InChI=1S/C16H10ClN3O4S/c17-14-13(21)15(20-25-19-14)23-11-6-8-12(9-7-11)24-16(22)18-10-4-2-1-3-5-10/h1-9H,(H,18,22). The minimum atomic E-state index is -0.619. The third-order valence-corrected chi connectivity index (χ3v) is 3.76. The molecule has 0 atom stereocenters. The van der Waals surface area contributed by atoms with E-state index in [1.807, 2.05) is 6.07 Å². The highest BCUT2D eigenvalue weighted by molar-refractivity contribution is 6.99. The van der Waals surface area contributed by atoms with Crippen LogP contribution in [0.25, 0.3) is 0 Å². The van der Waals surface area contributed by atoms with Gasteiger partial charge in [-0.3, -0.25) is 10.1 Å². The number of rotatable bonds is 4. The molecule has 3 aromatic rings. The topological polar surface area (TPSA) is 90.4 Å². The van der Waals surface area contributed by atoms with Gasteiger partial charge in [-0.1, -0.05) is 29.8 Å². The number of amides is 1. The lowest BCUT2D eigenvalue weighted by Crippen LogP contribution is -2.16. The fourth-order valence-corrected chi connectivity index (χ4v) is 2.35. The van der Waals surface area contributed by atoms with Crippen molar-refractivity contribution >= 4 is 35.1 Å². The number of aromatic nitrogens is 2. The minimum Gasteiger partial charge on any atom is -0.435 e. The van der Waals surface area contributed by atoms with Gasteiger partial charge in [-0.05, 0) is 36.4 Å². The van der Waals surface area contributed by atoms with E-state index in [2.05, 4.69) is 14.1 Å². The number of ether oxygens (including phenoxy) is 2. The van der Waals surface area contributed by atoms with Crippen LogP contribution >= 0.6 is 23.3 Å². The van der Waals surface area contributed by atoms with Gasteiger partial charge in [0.05, 0.1) is 11.7 Å². The average Bonchev–Trinajstić information content (AvgIpc) is 2.61. The van der Waals surface area contributed by atoms with Crippen molar-refractivity contribution in [3.63, 3.8) is 0 Å². The van der Waals surface area contributed by atoms with Crippen LogP contribution in [0.1, 0.15) is 0 Å². The maximum absolute atomic E-state index is 11.8. The summed E-state index contributed by atoms with van der Waals surface area (Å²) < 4.78 is 17.9. The number of anilines is 1. The Morgan fingerprint density at radius 2 is 1.68 bits per heavy atom. The predicted octanol–water partition coefficient (Wildman–Crippen LogP) is 3.95. The maximum Gasteiger partial charge on any atom is 0.417 e. The van der Waals surface area contributed by atoms with Crippen molar-refractivity contribution in [1.29, 1.82) is 0 Å². The second-order valence-corrected chi connectivity index (χ2v) is 5.53. The molecule has 1 aromatic heterocycles. The molecule has 0 bridgehead atoms. The molecule has 0 aliphatic heterocycles. The Kier molecular flexibility index (Phi) is 5.22. The van der Waals surface area contributed by atoms with Crippen molar-refractivity contribution < 1.29 is 14.3 Å². The molecule has 7 nitrogen and oxygen atoms in total. The first-order valence-corrected chi connectivity index (χ1v) is 8.07. The van der Waals surface area contributed by atoms with E-state index in [-0.39, 0.29) is 11.0 Å². The minimum absolute atomic E-state index is 0.166. The zero-order valence-corrected chi connectivity index (χ0v) is 14.1. The summed E-state index contributed by atoms with van der Waals surface area (Å²) in [7, 11) is 0. The average molecular weight is 376 g/mol. The quantitative estimate of drug-likeness (QED) is 0.742. The fourth-order valence-electron chi connectivity index (χ4n) is 1.79. The molecular weight excluding hydrogens is 366 g/mol. The Bertz CT molecular complexity index is 932. The zero-order chi connectivity index (χ0) is 17.6. The lowest BCUT2D eigenvalue weighted by molar-refractivity contribution is 0.215. The van der Waals surface area contributed by atoms with Crippen LogP contribution in [0.15, 0.2) is 59.4 Å². The van der Waals surface area contributed by atoms with Gasteiger partial charge < -0.3 is 9.47 Å². The van der Waals surface area contributed by atoms with E-state index < -0.39 is 11.5 Å². The Morgan fingerprint density at radius 3 is 2.40 bits per heavy atom. The van der Waals surface area contributed by atoms with E-state index in [0.717, 1.165) is 11.7 Å². The van der Waals surface area contributed by atoms with Crippen LogP contribution < -0.4 is 20.2 Å². The van der Waals surface area contributed by atoms with Crippen molar-refractivity contribution in [1.82, 2.24) is 8.75 Å². The summed E-state index contributed by atoms with van der Waals surface area (Å²) in [5, 5.41) is 2.39. The Labute approximate surface area is 151 Å². The number of nitrogens with zero attached hydrogens (tertiary/aromatic N) is 2. The highest BCUT2D eigenvalue weighted by Crippen LogP contribution is 2.22. The summed E-state index contributed by atoms with van der Waals surface area (Å²) in [4.78, 5) is 23.5. The molecule has 126 valence electrons. The summed E-state index contributed by atoms with van der Waals surface area (Å²) >= 11 is 6.40. The number of halogens is 1. The Morgan fingerprint density at radius 1 is 1.00 bits per heavy atom. The van der Waals surface area contributed by atoms with Gasteiger partial charge >= 0.3 is 6.09 Å². The molecule has 2 aromatic carbocycles. The van der Waals surface area contributed by atoms with Crippen LogP contribution in [0, 0.1) is 0 Å².